The van der Waals surface area contributed by atoms with Crippen LogP contribution in [0.25, 0.3) is 0 Å². The van der Waals surface area contributed by atoms with Gasteiger partial charge in [0.1, 0.15) is 0 Å². The van der Waals surface area contributed by atoms with Crippen LogP contribution in [0.5, 0.6) is 0 Å². The number of hydrogen-bond donors (Lipinski definition) is 0. The van der Waals surface area contributed by atoms with Crippen LogP contribution < -0.4 is 0 Å². The van der Waals surface area contributed by atoms with Crippen molar-refractivity contribution in [1.29, 1.82) is 0 Å². The molecule has 0 aliphatic rings. The average molecular weight is 213 g/mol. The van der Waals surface area contributed by atoms with E-state index in [1.54, 1.807) is 0 Å². The van der Waals surface area contributed by atoms with E-state index in [9.17, 15) is 0 Å². The summed E-state index contributed by atoms with van der Waals surface area (Å²) < 4.78 is 0. The van der Waals surface area contributed by atoms with Crippen molar-refractivity contribution in [3.63, 3.8) is 0 Å². The van der Waals surface area contributed by atoms with E-state index in [0.29, 0.717) is 5.41 Å². The van der Waals surface area contributed by atoms with Gasteiger partial charge in [0, 0.05) is 6.04 Å². The summed E-state index contributed by atoms with van der Waals surface area (Å²) in [5, 5.41) is 0. The molecule has 0 heterocycles. The Hall–Kier alpha value is -0.0400. The third-order valence-corrected chi connectivity index (χ3v) is 2.92. The van der Waals surface area contributed by atoms with Crippen molar-refractivity contribution in [3.8, 4) is 0 Å². The summed E-state index contributed by atoms with van der Waals surface area (Å²) in [6, 6.07) is 0.764. The van der Waals surface area contributed by atoms with Crippen LogP contribution in [0.1, 0.15) is 61.3 Å². The van der Waals surface area contributed by atoms with Crippen LogP contribution in [0.2, 0.25) is 0 Å². The predicted octanol–water partition coefficient (Wildman–Crippen LogP) is 4.18. The fourth-order valence-corrected chi connectivity index (χ4v) is 2.35. The van der Waals surface area contributed by atoms with E-state index in [-0.39, 0.29) is 0 Å². The Morgan fingerprint density at radius 1 is 1.00 bits per heavy atom. The van der Waals surface area contributed by atoms with Crippen LogP contribution in [0.3, 0.4) is 0 Å². The average Bonchev–Trinajstić information content (AvgIpc) is 2.01. The van der Waals surface area contributed by atoms with Crippen LogP contribution in [-0.2, 0) is 0 Å². The number of hydrogen-bond acceptors (Lipinski definition) is 1. The molecule has 0 radical (unpaired) electrons. The van der Waals surface area contributed by atoms with Crippen LogP contribution in [0, 0.1) is 11.3 Å². The van der Waals surface area contributed by atoms with Crippen LogP contribution in [0.15, 0.2) is 0 Å². The van der Waals surface area contributed by atoms with E-state index in [2.05, 4.69) is 53.4 Å². The quantitative estimate of drug-likeness (QED) is 0.640. The summed E-state index contributed by atoms with van der Waals surface area (Å²) in [5.41, 5.74) is 0.447. The molecule has 0 rings (SSSR count). The fourth-order valence-electron chi connectivity index (χ4n) is 2.35. The first-order valence-electron chi connectivity index (χ1n) is 6.54. The molecule has 0 aliphatic carbocycles. The summed E-state index contributed by atoms with van der Waals surface area (Å²) >= 11 is 0. The maximum absolute atomic E-state index is 2.62. The molecule has 0 N–H and O–H groups in total. The molecule has 0 amide bonds. The Morgan fingerprint density at radius 2 is 1.47 bits per heavy atom. The highest BCUT2D eigenvalue weighted by molar-refractivity contribution is 4.77. The van der Waals surface area contributed by atoms with Gasteiger partial charge in [0.25, 0.3) is 0 Å². The molecule has 0 bridgehead atoms. The zero-order chi connectivity index (χ0) is 12.1. The second-order valence-electron chi connectivity index (χ2n) is 6.27. The minimum Gasteiger partial charge on any atom is -0.301 e. The van der Waals surface area contributed by atoms with E-state index in [0.717, 1.165) is 12.0 Å². The van der Waals surface area contributed by atoms with E-state index in [1.165, 1.54) is 25.9 Å². The number of rotatable bonds is 6. The van der Waals surface area contributed by atoms with Gasteiger partial charge in [0.2, 0.25) is 0 Å². The first kappa shape index (κ1) is 15.0. The summed E-state index contributed by atoms with van der Waals surface area (Å²) in [7, 11) is 0. The minimum absolute atomic E-state index is 0.447. The van der Waals surface area contributed by atoms with Gasteiger partial charge in [0.15, 0.2) is 0 Å². The molecule has 92 valence electrons. The fraction of sp³-hybridized carbons (Fsp3) is 1.00. The Morgan fingerprint density at radius 3 is 1.73 bits per heavy atom. The summed E-state index contributed by atoms with van der Waals surface area (Å²) in [5.74, 6) is 0.804. The highest BCUT2D eigenvalue weighted by atomic mass is 15.1. The third kappa shape index (κ3) is 6.94. The predicted molar refractivity (Wildman–Crippen MR) is 70.2 cm³/mol. The van der Waals surface area contributed by atoms with Gasteiger partial charge in [-0.25, -0.2) is 0 Å². The van der Waals surface area contributed by atoms with Crippen molar-refractivity contribution in [2.75, 3.05) is 13.1 Å². The van der Waals surface area contributed by atoms with Gasteiger partial charge in [-0.3, -0.25) is 0 Å². The van der Waals surface area contributed by atoms with Crippen molar-refractivity contribution < 1.29 is 0 Å². The van der Waals surface area contributed by atoms with Crippen LogP contribution in [-0.4, -0.2) is 24.0 Å². The van der Waals surface area contributed by atoms with Crippen molar-refractivity contribution in [1.82, 2.24) is 4.90 Å². The molecule has 0 spiro atoms. The van der Waals surface area contributed by atoms with Crippen LogP contribution >= 0.6 is 0 Å². The summed E-state index contributed by atoms with van der Waals surface area (Å²) in [6.45, 7) is 18.6. The molecule has 0 aromatic carbocycles. The van der Waals surface area contributed by atoms with Gasteiger partial charge in [-0.15, -0.1) is 0 Å². The molecule has 0 aromatic heterocycles. The molecular formula is C14H31N. The highest BCUT2D eigenvalue weighted by Crippen LogP contribution is 2.27. The molecule has 1 nitrogen and oxygen atoms in total. The van der Waals surface area contributed by atoms with Gasteiger partial charge in [-0.1, -0.05) is 48.5 Å². The lowest BCUT2D eigenvalue weighted by atomic mass is 9.84. The molecular weight excluding hydrogens is 182 g/mol. The molecule has 15 heavy (non-hydrogen) atoms. The normalized spacial score (nSPS) is 15.0. The molecule has 0 aromatic rings. The SMILES string of the molecule is CCN(CC)C(CC(C)C)CC(C)(C)C. The molecule has 0 saturated heterocycles. The van der Waals surface area contributed by atoms with Gasteiger partial charge in [-0.05, 0) is 37.3 Å². The van der Waals surface area contributed by atoms with Crippen molar-refractivity contribution in [2.45, 2.75) is 67.3 Å². The lowest BCUT2D eigenvalue weighted by Gasteiger charge is -2.35. The zero-order valence-corrected chi connectivity index (χ0v) is 11.9. The smallest absolute Gasteiger partial charge is 0.0102 e. The van der Waals surface area contributed by atoms with E-state index < -0.39 is 0 Å². The second kappa shape index (κ2) is 6.52. The van der Waals surface area contributed by atoms with Crippen molar-refractivity contribution in [3.05, 3.63) is 0 Å². The van der Waals surface area contributed by atoms with Gasteiger partial charge in [-0.2, -0.15) is 0 Å². The van der Waals surface area contributed by atoms with Crippen LogP contribution in [0.4, 0.5) is 0 Å². The third-order valence-electron chi connectivity index (χ3n) is 2.92. The molecule has 0 saturated carbocycles. The molecule has 0 fully saturated rings. The monoisotopic (exact) mass is 213 g/mol. The standard InChI is InChI=1S/C14H31N/c1-8-15(9-2)13(10-12(3)4)11-14(5,6)7/h12-13H,8-11H2,1-7H3. The largest absolute Gasteiger partial charge is 0.301 e. The summed E-state index contributed by atoms with van der Waals surface area (Å²) in [4.78, 5) is 2.62. The second-order valence-corrected chi connectivity index (χ2v) is 6.27. The molecule has 1 unspecified atom stereocenters. The Bertz CT molecular complexity index is 151. The van der Waals surface area contributed by atoms with Gasteiger partial charge < -0.3 is 4.90 Å². The maximum atomic E-state index is 2.62. The molecule has 0 aliphatic heterocycles. The molecule has 1 heteroatoms. The summed E-state index contributed by atoms with van der Waals surface area (Å²) in [6.07, 6.45) is 2.64. The Kier molecular flexibility index (Phi) is 6.51. The zero-order valence-electron chi connectivity index (χ0n) is 11.9. The lowest BCUT2D eigenvalue weighted by Crippen LogP contribution is -2.38. The number of nitrogens with zero attached hydrogens (tertiary/aromatic N) is 1. The maximum Gasteiger partial charge on any atom is 0.0102 e. The first-order valence-corrected chi connectivity index (χ1v) is 6.54. The first-order chi connectivity index (χ1) is 6.80. The van der Waals surface area contributed by atoms with E-state index >= 15 is 0 Å². The molecule has 1 atom stereocenters. The van der Waals surface area contributed by atoms with E-state index in [4.69, 9.17) is 0 Å². The minimum atomic E-state index is 0.447. The van der Waals surface area contributed by atoms with Gasteiger partial charge in [0.05, 0.1) is 0 Å². The highest BCUT2D eigenvalue weighted by Gasteiger charge is 2.23. The Balaban J connectivity index is 4.42. The lowest BCUT2D eigenvalue weighted by molar-refractivity contribution is 0.141. The topological polar surface area (TPSA) is 3.24 Å². The van der Waals surface area contributed by atoms with Gasteiger partial charge >= 0.3 is 0 Å². The van der Waals surface area contributed by atoms with Crippen molar-refractivity contribution >= 4 is 0 Å². The Labute approximate surface area is 97.2 Å². The van der Waals surface area contributed by atoms with E-state index in [1.807, 2.05) is 0 Å². The van der Waals surface area contributed by atoms with Crippen molar-refractivity contribution in [2.24, 2.45) is 11.3 Å².